The first-order valence-corrected chi connectivity index (χ1v) is 3.63. The molecule has 0 atom stereocenters. The Labute approximate surface area is 71.4 Å². The van der Waals surface area contributed by atoms with Crippen LogP contribution >= 0.6 is 0 Å². The van der Waals surface area contributed by atoms with E-state index in [0.29, 0.717) is 0 Å². The van der Waals surface area contributed by atoms with Gasteiger partial charge in [-0.2, -0.15) is 0 Å². The van der Waals surface area contributed by atoms with E-state index in [1.54, 1.807) is 6.92 Å². The lowest BCUT2D eigenvalue weighted by atomic mass is 10.1. The maximum atomic E-state index is 11.0. The van der Waals surface area contributed by atoms with Gasteiger partial charge >= 0.3 is 5.97 Å². The minimum absolute atomic E-state index is 0.00782. The molecule has 0 heterocycles. The van der Waals surface area contributed by atoms with Gasteiger partial charge in [0.1, 0.15) is 11.3 Å². The molecule has 0 saturated carbocycles. The smallest absolute Gasteiger partial charge is 0.343 e. The minimum Gasteiger partial charge on any atom is -0.512 e. The Morgan fingerprint density at radius 2 is 2.00 bits per heavy atom. The van der Waals surface area contributed by atoms with Gasteiger partial charge in [-0.15, -0.1) is 0 Å². The average molecular weight is 171 g/mol. The summed E-state index contributed by atoms with van der Waals surface area (Å²) >= 11 is 0. The van der Waals surface area contributed by atoms with Crippen LogP contribution < -0.4 is 0 Å². The summed E-state index contributed by atoms with van der Waals surface area (Å²) in [5.41, 5.74) is -0.0506. The zero-order chi connectivity index (χ0) is 9.72. The van der Waals surface area contributed by atoms with Gasteiger partial charge in [-0.05, 0) is 20.8 Å². The Hall–Kier alpha value is -1.32. The molecule has 2 N–H and O–H groups in total. The molecule has 4 nitrogen and oxygen atoms in total. The zero-order valence-electron chi connectivity index (χ0n) is 7.47. The van der Waals surface area contributed by atoms with E-state index in [0.717, 1.165) is 0 Å². The molecule has 0 fully saturated rings. The van der Waals surface area contributed by atoms with Crippen molar-refractivity contribution in [3.8, 4) is 0 Å². The van der Waals surface area contributed by atoms with Crippen LogP contribution in [0.15, 0.2) is 11.3 Å². The van der Waals surface area contributed by atoms with Crippen molar-refractivity contribution >= 4 is 11.7 Å². The standard InChI is InChI=1S/C8H13NO3/c1-4-12-8(11)7(5(2)9)6(3)10/h9-10H,4H2,1-3H3. The largest absolute Gasteiger partial charge is 0.512 e. The lowest BCUT2D eigenvalue weighted by Crippen LogP contribution is -2.15. The Bertz CT molecular complexity index is 226. The number of esters is 1. The van der Waals surface area contributed by atoms with Crippen LogP contribution in [0.2, 0.25) is 0 Å². The molecule has 0 rings (SSSR count). The number of allylic oxidation sites excluding steroid dienone is 1. The summed E-state index contributed by atoms with van der Waals surface area (Å²) in [6, 6.07) is 0. The fraction of sp³-hybridized carbons (Fsp3) is 0.500. The molecule has 68 valence electrons. The van der Waals surface area contributed by atoms with E-state index in [1.807, 2.05) is 0 Å². The summed E-state index contributed by atoms with van der Waals surface area (Å²) in [5, 5.41) is 16.2. The van der Waals surface area contributed by atoms with Crippen LogP contribution in [0.5, 0.6) is 0 Å². The highest BCUT2D eigenvalue weighted by atomic mass is 16.5. The van der Waals surface area contributed by atoms with Crippen molar-refractivity contribution in [3.05, 3.63) is 11.3 Å². The summed E-state index contributed by atoms with van der Waals surface area (Å²) in [4.78, 5) is 11.0. The monoisotopic (exact) mass is 171 g/mol. The number of carbonyl (C=O) groups excluding carboxylic acids is 1. The van der Waals surface area contributed by atoms with Crippen molar-refractivity contribution in [2.45, 2.75) is 20.8 Å². The second-order valence-corrected chi connectivity index (χ2v) is 2.31. The van der Waals surface area contributed by atoms with Crippen LogP contribution in [0.3, 0.4) is 0 Å². The van der Waals surface area contributed by atoms with Gasteiger partial charge in [-0.25, -0.2) is 4.79 Å². The highest BCUT2D eigenvalue weighted by Crippen LogP contribution is 2.05. The third-order valence-corrected chi connectivity index (χ3v) is 1.22. The molecule has 0 spiro atoms. The topological polar surface area (TPSA) is 70.4 Å². The van der Waals surface area contributed by atoms with Gasteiger partial charge < -0.3 is 15.3 Å². The van der Waals surface area contributed by atoms with Gasteiger partial charge in [0.25, 0.3) is 0 Å². The van der Waals surface area contributed by atoms with Gasteiger partial charge in [0, 0.05) is 5.71 Å². The van der Waals surface area contributed by atoms with Crippen LogP contribution in [-0.2, 0) is 9.53 Å². The first-order valence-electron chi connectivity index (χ1n) is 3.63. The third kappa shape index (κ3) is 2.74. The van der Waals surface area contributed by atoms with Crippen LogP contribution in [0.4, 0.5) is 0 Å². The van der Waals surface area contributed by atoms with E-state index in [9.17, 15) is 4.79 Å². The van der Waals surface area contributed by atoms with Gasteiger partial charge in [-0.3, -0.25) is 0 Å². The minimum atomic E-state index is -0.648. The number of carbonyl (C=O) groups is 1. The summed E-state index contributed by atoms with van der Waals surface area (Å²) < 4.78 is 4.63. The SMILES string of the molecule is CCOC(=O)C(C(C)=N)=C(C)O. The number of nitrogens with one attached hydrogen (secondary N) is 1. The van der Waals surface area contributed by atoms with Crippen LogP contribution in [0.25, 0.3) is 0 Å². The summed E-state index contributed by atoms with van der Waals surface area (Å²) in [6.45, 7) is 4.68. The first kappa shape index (κ1) is 10.7. The van der Waals surface area contributed by atoms with E-state index in [2.05, 4.69) is 4.74 Å². The molecule has 0 saturated heterocycles. The number of aliphatic hydroxyl groups is 1. The normalized spacial score (nSPS) is 11.9. The highest BCUT2D eigenvalue weighted by Gasteiger charge is 2.15. The second kappa shape index (κ2) is 4.54. The summed E-state index contributed by atoms with van der Waals surface area (Å²) in [5.74, 6) is -0.828. The maximum absolute atomic E-state index is 11.0. The van der Waals surface area contributed by atoms with Gasteiger partial charge in [0.15, 0.2) is 0 Å². The molecule has 12 heavy (non-hydrogen) atoms. The van der Waals surface area contributed by atoms with E-state index in [1.165, 1.54) is 13.8 Å². The quantitative estimate of drug-likeness (QED) is 0.292. The molecular weight excluding hydrogens is 158 g/mol. The fourth-order valence-corrected chi connectivity index (χ4v) is 0.775. The molecule has 0 aliphatic carbocycles. The predicted molar refractivity (Wildman–Crippen MR) is 45.4 cm³/mol. The van der Waals surface area contributed by atoms with Crippen LogP contribution in [0, 0.1) is 5.41 Å². The predicted octanol–water partition coefficient (Wildman–Crippen LogP) is 1.42. The van der Waals surface area contributed by atoms with Crippen molar-refractivity contribution in [2.24, 2.45) is 0 Å². The molecule has 0 aromatic rings. The van der Waals surface area contributed by atoms with Crippen molar-refractivity contribution in [2.75, 3.05) is 6.61 Å². The molecule has 0 aromatic heterocycles. The Kier molecular flexibility index (Phi) is 4.04. The Morgan fingerprint density at radius 1 is 1.50 bits per heavy atom. The molecule has 4 heteroatoms. The average Bonchev–Trinajstić information content (AvgIpc) is 1.85. The van der Waals surface area contributed by atoms with E-state index >= 15 is 0 Å². The lowest BCUT2D eigenvalue weighted by Gasteiger charge is -2.05. The molecule has 0 bridgehead atoms. The third-order valence-electron chi connectivity index (χ3n) is 1.22. The molecule has 0 radical (unpaired) electrons. The number of ether oxygens (including phenoxy) is 1. The Morgan fingerprint density at radius 3 is 2.25 bits per heavy atom. The van der Waals surface area contributed by atoms with Crippen LogP contribution in [-0.4, -0.2) is 23.4 Å². The van der Waals surface area contributed by atoms with Crippen LogP contribution in [0.1, 0.15) is 20.8 Å². The fourth-order valence-electron chi connectivity index (χ4n) is 0.775. The number of hydrogen-bond donors (Lipinski definition) is 2. The molecule has 0 amide bonds. The number of aliphatic hydroxyl groups excluding tert-OH is 1. The van der Waals surface area contributed by atoms with E-state index in [-0.39, 0.29) is 23.7 Å². The molecule has 0 aliphatic heterocycles. The van der Waals surface area contributed by atoms with E-state index < -0.39 is 5.97 Å². The van der Waals surface area contributed by atoms with Gasteiger partial charge in [0.2, 0.25) is 0 Å². The Balaban J connectivity index is 4.67. The molecule has 0 unspecified atom stereocenters. The van der Waals surface area contributed by atoms with Crippen molar-refractivity contribution in [1.29, 1.82) is 5.41 Å². The van der Waals surface area contributed by atoms with Gasteiger partial charge in [0.05, 0.1) is 6.61 Å². The molecule has 0 aliphatic rings. The van der Waals surface area contributed by atoms with Crippen molar-refractivity contribution < 1.29 is 14.6 Å². The lowest BCUT2D eigenvalue weighted by molar-refractivity contribution is -0.138. The van der Waals surface area contributed by atoms with E-state index in [4.69, 9.17) is 10.5 Å². The number of rotatable bonds is 3. The second-order valence-electron chi connectivity index (χ2n) is 2.31. The number of hydrogen-bond acceptors (Lipinski definition) is 4. The summed E-state index contributed by atoms with van der Waals surface area (Å²) in [7, 11) is 0. The molecule has 0 aromatic carbocycles. The first-order chi connectivity index (χ1) is 5.50. The van der Waals surface area contributed by atoms with Crippen molar-refractivity contribution in [3.63, 3.8) is 0 Å². The summed E-state index contributed by atoms with van der Waals surface area (Å²) in [6.07, 6.45) is 0. The zero-order valence-corrected chi connectivity index (χ0v) is 7.47. The van der Waals surface area contributed by atoms with Crippen molar-refractivity contribution in [1.82, 2.24) is 0 Å². The highest BCUT2D eigenvalue weighted by molar-refractivity contribution is 6.17. The molecular formula is C8H13NO3. The van der Waals surface area contributed by atoms with Gasteiger partial charge in [-0.1, -0.05) is 0 Å². The maximum Gasteiger partial charge on any atom is 0.343 e.